The number of hydrogen-bond donors (Lipinski definition) is 0. The van der Waals surface area contributed by atoms with E-state index >= 15 is 0 Å². The number of benzene rings is 1. The fourth-order valence-corrected chi connectivity index (χ4v) is 2.17. The second-order valence-electron chi connectivity index (χ2n) is 3.73. The lowest BCUT2D eigenvalue weighted by Gasteiger charge is -2.10. The van der Waals surface area contributed by atoms with Crippen molar-refractivity contribution in [2.45, 2.75) is 24.8 Å². The van der Waals surface area contributed by atoms with Crippen LogP contribution < -0.4 is 0 Å². The summed E-state index contributed by atoms with van der Waals surface area (Å²) in [7, 11) is 4.21. The van der Waals surface area contributed by atoms with E-state index in [1.807, 2.05) is 11.8 Å². The van der Waals surface area contributed by atoms with Crippen LogP contribution in [0.3, 0.4) is 0 Å². The van der Waals surface area contributed by atoms with Gasteiger partial charge in [0.2, 0.25) is 0 Å². The Labute approximate surface area is 91.5 Å². The Hall–Kier alpha value is -0.470. The van der Waals surface area contributed by atoms with Gasteiger partial charge in [-0.05, 0) is 44.0 Å². The molecule has 1 nitrogen and oxygen atoms in total. The normalized spacial score (nSPS) is 10.9. The molecule has 0 saturated carbocycles. The van der Waals surface area contributed by atoms with Crippen LogP contribution in [-0.4, -0.2) is 24.7 Å². The number of nitrogens with zero attached hydrogens (tertiary/aromatic N) is 1. The van der Waals surface area contributed by atoms with Gasteiger partial charge in [-0.15, -0.1) is 11.8 Å². The molecule has 1 rings (SSSR count). The first-order valence-electron chi connectivity index (χ1n) is 5.09. The molecule has 0 heterocycles. The average molecular weight is 209 g/mol. The third kappa shape index (κ3) is 4.16. The first-order chi connectivity index (χ1) is 6.72. The molecule has 0 aliphatic carbocycles. The Morgan fingerprint density at radius 2 is 2.07 bits per heavy atom. The molecule has 0 unspecified atom stereocenters. The molecule has 2 heteroatoms. The van der Waals surface area contributed by atoms with Crippen LogP contribution in [0, 0.1) is 0 Å². The van der Waals surface area contributed by atoms with Crippen molar-refractivity contribution >= 4 is 11.8 Å². The van der Waals surface area contributed by atoms with Crippen LogP contribution in [0.5, 0.6) is 0 Å². The van der Waals surface area contributed by atoms with Gasteiger partial charge in [-0.3, -0.25) is 0 Å². The smallest absolute Gasteiger partial charge is 0.0228 e. The highest BCUT2D eigenvalue weighted by Crippen LogP contribution is 2.20. The van der Waals surface area contributed by atoms with Crippen LogP contribution in [0.4, 0.5) is 0 Å². The summed E-state index contributed by atoms with van der Waals surface area (Å²) in [5.74, 6) is 1.21. The lowest BCUT2D eigenvalue weighted by molar-refractivity contribution is 0.402. The molecule has 0 atom stereocenters. The number of rotatable bonds is 5. The first kappa shape index (κ1) is 11.6. The van der Waals surface area contributed by atoms with Gasteiger partial charge in [0.05, 0.1) is 0 Å². The fourth-order valence-electron chi connectivity index (χ4n) is 1.32. The van der Waals surface area contributed by atoms with Crippen LogP contribution in [0.25, 0.3) is 0 Å². The third-order valence-corrected chi connectivity index (χ3v) is 3.07. The monoisotopic (exact) mass is 209 g/mol. The zero-order valence-electron chi connectivity index (χ0n) is 9.29. The predicted octanol–water partition coefficient (Wildman–Crippen LogP) is 3.25. The quantitative estimate of drug-likeness (QED) is 0.685. The Bertz CT molecular complexity index is 271. The minimum Gasteiger partial charge on any atom is -0.305 e. The summed E-state index contributed by atoms with van der Waals surface area (Å²) in [6.07, 6.45) is 1.24. The lowest BCUT2D eigenvalue weighted by atomic mass is 10.2. The zero-order chi connectivity index (χ0) is 10.4. The Morgan fingerprint density at radius 1 is 1.29 bits per heavy atom. The van der Waals surface area contributed by atoms with Crippen molar-refractivity contribution in [3.05, 3.63) is 29.8 Å². The standard InChI is InChI=1S/C12H19NS/c1-4-8-14-12-7-5-6-11(9-12)10-13(2)3/h5-7,9H,4,8,10H2,1-3H3. The van der Waals surface area contributed by atoms with Crippen molar-refractivity contribution in [3.63, 3.8) is 0 Å². The van der Waals surface area contributed by atoms with Crippen LogP contribution in [0.1, 0.15) is 18.9 Å². The molecule has 0 aliphatic rings. The summed E-state index contributed by atoms with van der Waals surface area (Å²) < 4.78 is 0. The van der Waals surface area contributed by atoms with Gasteiger partial charge in [-0.2, -0.15) is 0 Å². The highest BCUT2D eigenvalue weighted by molar-refractivity contribution is 7.99. The molecule has 0 amide bonds. The van der Waals surface area contributed by atoms with Gasteiger partial charge in [0.1, 0.15) is 0 Å². The molecule has 78 valence electrons. The molecule has 0 aromatic heterocycles. The highest BCUT2D eigenvalue weighted by atomic mass is 32.2. The maximum atomic E-state index is 2.29. The molecule has 0 spiro atoms. The SMILES string of the molecule is CCCSc1cccc(CN(C)C)c1. The van der Waals surface area contributed by atoms with Gasteiger partial charge in [-0.25, -0.2) is 0 Å². The van der Waals surface area contributed by atoms with Crippen LogP contribution >= 0.6 is 11.8 Å². The third-order valence-electron chi connectivity index (χ3n) is 1.87. The second-order valence-corrected chi connectivity index (χ2v) is 4.90. The van der Waals surface area contributed by atoms with E-state index in [1.54, 1.807) is 0 Å². The molecule has 0 bridgehead atoms. The van der Waals surface area contributed by atoms with Gasteiger partial charge in [0.15, 0.2) is 0 Å². The molecule has 1 aromatic rings. The van der Waals surface area contributed by atoms with Gasteiger partial charge >= 0.3 is 0 Å². The van der Waals surface area contributed by atoms with Crippen molar-refractivity contribution in [2.24, 2.45) is 0 Å². The van der Waals surface area contributed by atoms with Crippen LogP contribution in [-0.2, 0) is 6.54 Å². The molecule has 0 N–H and O–H groups in total. The fraction of sp³-hybridized carbons (Fsp3) is 0.500. The Morgan fingerprint density at radius 3 is 2.71 bits per heavy atom. The Kier molecular flexibility index (Phi) is 5.05. The van der Waals surface area contributed by atoms with Crippen molar-refractivity contribution < 1.29 is 0 Å². The van der Waals surface area contributed by atoms with Crippen LogP contribution in [0.15, 0.2) is 29.2 Å². The molecular formula is C12H19NS. The van der Waals surface area contributed by atoms with E-state index < -0.39 is 0 Å². The number of thioether (sulfide) groups is 1. The molecule has 14 heavy (non-hydrogen) atoms. The molecular weight excluding hydrogens is 190 g/mol. The molecule has 0 radical (unpaired) electrons. The largest absolute Gasteiger partial charge is 0.305 e. The van der Waals surface area contributed by atoms with Gasteiger partial charge in [0, 0.05) is 11.4 Å². The second kappa shape index (κ2) is 6.10. The zero-order valence-corrected chi connectivity index (χ0v) is 10.1. The van der Waals surface area contributed by atoms with Gasteiger partial charge < -0.3 is 4.90 Å². The summed E-state index contributed by atoms with van der Waals surface area (Å²) in [5, 5.41) is 0. The average Bonchev–Trinajstić information content (AvgIpc) is 2.14. The van der Waals surface area contributed by atoms with E-state index in [1.165, 1.54) is 22.6 Å². The van der Waals surface area contributed by atoms with E-state index in [9.17, 15) is 0 Å². The van der Waals surface area contributed by atoms with E-state index in [4.69, 9.17) is 0 Å². The van der Waals surface area contributed by atoms with Gasteiger partial charge in [0.25, 0.3) is 0 Å². The summed E-state index contributed by atoms with van der Waals surface area (Å²) in [4.78, 5) is 3.59. The van der Waals surface area contributed by atoms with Crippen molar-refractivity contribution in [1.29, 1.82) is 0 Å². The predicted molar refractivity (Wildman–Crippen MR) is 64.8 cm³/mol. The van der Waals surface area contributed by atoms with Crippen LogP contribution in [0.2, 0.25) is 0 Å². The minimum atomic E-state index is 1.03. The molecule has 1 aromatic carbocycles. The minimum absolute atomic E-state index is 1.03. The highest BCUT2D eigenvalue weighted by Gasteiger charge is 1.97. The summed E-state index contributed by atoms with van der Waals surface area (Å²) >= 11 is 1.94. The first-order valence-corrected chi connectivity index (χ1v) is 6.07. The lowest BCUT2D eigenvalue weighted by Crippen LogP contribution is -2.10. The van der Waals surface area contributed by atoms with E-state index in [0.717, 1.165) is 6.54 Å². The molecule has 0 saturated heterocycles. The maximum Gasteiger partial charge on any atom is 0.0228 e. The Balaban J connectivity index is 2.59. The van der Waals surface area contributed by atoms with Crippen molar-refractivity contribution in [3.8, 4) is 0 Å². The van der Waals surface area contributed by atoms with Crippen molar-refractivity contribution in [2.75, 3.05) is 19.8 Å². The summed E-state index contributed by atoms with van der Waals surface area (Å²) in [5.41, 5.74) is 1.40. The number of hydrogen-bond acceptors (Lipinski definition) is 2. The maximum absolute atomic E-state index is 2.29. The van der Waals surface area contributed by atoms with E-state index in [2.05, 4.69) is 50.2 Å². The topological polar surface area (TPSA) is 3.24 Å². The van der Waals surface area contributed by atoms with Crippen molar-refractivity contribution in [1.82, 2.24) is 4.90 Å². The molecule has 0 aliphatic heterocycles. The summed E-state index contributed by atoms with van der Waals surface area (Å²) in [6.45, 7) is 3.25. The van der Waals surface area contributed by atoms with Gasteiger partial charge in [-0.1, -0.05) is 19.1 Å². The summed E-state index contributed by atoms with van der Waals surface area (Å²) in [6, 6.07) is 8.83. The molecule has 0 fully saturated rings. The van der Waals surface area contributed by atoms with E-state index in [-0.39, 0.29) is 0 Å². The van der Waals surface area contributed by atoms with E-state index in [0.29, 0.717) is 0 Å².